The molecule has 2 atom stereocenters. The maximum absolute atomic E-state index is 11.1. The van der Waals surface area contributed by atoms with E-state index in [2.05, 4.69) is 5.32 Å². The van der Waals surface area contributed by atoms with Crippen molar-refractivity contribution < 1.29 is 9.59 Å². The van der Waals surface area contributed by atoms with Gasteiger partial charge in [0.25, 0.3) is 0 Å². The number of fused-ring (bicyclic) bond motifs is 2. The van der Waals surface area contributed by atoms with Crippen molar-refractivity contribution >= 4 is 11.9 Å². The molecule has 0 spiro atoms. The van der Waals surface area contributed by atoms with Crippen LogP contribution in [-0.2, 0) is 4.79 Å². The number of carbonyl (C=O) groups is 2. The summed E-state index contributed by atoms with van der Waals surface area (Å²) in [6.45, 7) is 0.545. The van der Waals surface area contributed by atoms with Crippen molar-refractivity contribution in [1.29, 1.82) is 0 Å². The number of rotatable bonds is 1. The highest BCUT2D eigenvalue weighted by Crippen LogP contribution is 2.16. The monoisotopic (exact) mass is 167 g/mol. The number of amides is 3. The van der Waals surface area contributed by atoms with Gasteiger partial charge >= 0.3 is 6.03 Å². The van der Waals surface area contributed by atoms with Crippen LogP contribution in [0.25, 0.3) is 0 Å². The van der Waals surface area contributed by atoms with Crippen LogP contribution in [0.2, 0.25) is 0 Å². The number of nitrogens with two attached hydrogens (primary N) is 1. The SMILES string of the molecule is NC(=O)C1C=CC2CN1C(=O)N2. The maximum atomic E-state index is 11.1. The lowest BCUT2D eigenvalue weighted by Crippen LogP contribution is -2.45. The van der Waals surface area contributed by atoms with Gasteiger partial charge in [0.15, 0.2) is 0 Å². The van der Waals surface area contributed by atoms with E-state index in [0.717, 1.165) is 0 Å². The Kier molecular flexibility index (Phi) is 1.33. The van der Waals surface area contributed by atoms with E-state index < -0.39 is 11.9 Å². The molecule has 2 bridgehead atoms. The van der Waals surface area contributed by atoms with Crippen molar-refractivity contribution in [2.24, 2.45) is 5.73 Å². The first kappa shape index (κ1) is 7.15. The van der Waals surface area contributed by atoms with Crippen LogP contribution in [0.4, 0.5) is 4.79 Å². The zero-order chi connectivity index (χ0) is 8.72. The Morgan fingerprint density at radius 1 is 1.67 bits per heavy atom. The van der Waals surface area contributed by atoms with Crippen LogP contribution < -0.4 is 11.1 Å². The Hall–Kier alpha value is -1.52. The summed E-state index contributed by atoms with van der Waals surface area (Å²) in [5, 5.41) is 2.69. The molecule has 1 fully saturated rings. The topological polar surface area (TPSA) is 75.4 Å². The predicted molar refractivity (Wildman–Crippen MR) is 41.1 cm³/mol. The van der Waals surface area contributed by atoms with Gasteiger partial charge < -0.3 is 16.0 Å². The van der Waals surface area contributed by atoms with Crippen molar-refractivity contribution in [1.82, 2.24) is 10.2 Å². The standard InChI is InChI=1S/C7H9N3O2/c8-6(11)5-2-1-4-3-10(5)7(12)9-4/h1-2,4-5H,3H2,(H2,8,11)(H,9,12). The van der Waals surface area contributed by atoms with Crippen molar-refractivity contribution in [3.05, 3.63) is 12.2 Å². The molecular weight excluding hydrogens is 158 g/mol. The minimum atomic E-state index is -0.566. The van der Waals surface area contributed by atoms with Gasteiger partial charge in [0.2, 0.25) is 5.91 Å². The third-order valence-corrected chi connectivity index (χ3v) is 2.12. The number of nitrogens with zero attached hydrogens (tertiary/aromatic N) is 1. The molecule has 12 heavy (non-hydrogen) atoms. The zero-order valence-corrected chi connectivity index (χ0v) is 6.36. The average molecular weight is 167 g/mol. The molecular formula is C7H9N3O2. The smallest absolute Gasteiger partial charge is 0.318 e. The number of primary amides is 1. The Bertz CT molecular complexity index is 274. The first-order valence-electron chi connectivity index (χ1n) is 3.73. The average Bonchev–Trinajstić information content (AvgIpc) is 2.28. The molecule has 0 saturated carbocycles. The second-order valence-electron chi connectivity index (χ2n) is 2.94. The highest BCUT2D eigenvalue weighted by Gasteiger charge is 2.37. The Balaban J connectivity index is 2.28. The molecule has 2 rings (SSSR count). The van der Waals surface area contributed by atoms with Crippen LogP contribution >= 0.6 is 0 Å². The fourth-order valence-corrected chi connectivity index (χ4v) is 1.52. The largest absolute Gasteiger partial charge is 0.368 e. The van der Waals surface area contributed by atoms with E-state index in [1.807, 2.05) is 0 Å². The molecule has 0 radical (unpaired) electrons. The molecule has 3 N–H and O–H groups in total. The minimum absolute atomic E-state index is 0.0492. The van der Waals surface area contributed by atoms with Crippen LogP contribution in [0.15, 0.2) is 12.2 Å². The van der Waals surface area contributed by atoms with E-state index >= 15 is 0 Å². The Morgan fingerprint density at radius 2 is 2.42 bits per heavy atom. The molecule has 2 aliphatic heterocycles. The van der Waals surface area contributed by atoms with Crippen molar-refractivity contribution in [2.75, 3.05) is 6.54 Å². The summed E-state index contributed by atoms with van der Waals surface area (Å²) in [7, 11) is 0. The lowest BCUT2D eigenvalue weighted by Gasteiger charge is -2.23. The molecule has 64 valence electrons. The third kappa shape index (κ3) is 0.861. The number of nitrogens with one attached hydrogen (secondary N) is 1. The normalized spacial score (nSPS) is 32.0. The van der Waals surface area contributed by atoms with Crippen LogP contribution in [0.3, 0.4) is 0 Å². The number of urea groups is 1. The zero-order valence-electron chi connectivity index (χ0n) is 6.36. The molecule has 5 heteroatoms. The number of hydrogen-bond acceptors (Lipinski definition) is 2. The molecule has 0 aromatic rings. The van der Waals surface area contributed by atoms with Crippen LogP contribution in [0.5, 0.6) is 0 Å². The van der Waals surface area contributed by atoms with E-state index in [0.29, 0.717) is 6.54 Å². The molecule has 0 aromatic heterocycles. The van der Waals surface area contributed by atoms with Crippen LogP contribution in [0, 0.1) is 0 Å². The second-order valence-corrected chi connectivity index (χ2v) is 2.94. The maximum Gasteiger partial charge on any atom is 0.318 e. The molecule has 3 amide bonds. The Morgan fingerprint density at radius 3 is 3.08 bits per heavy atom. The van der Waals surface area contributed by atoms with Gasteiger partial charge in [-0.1, -0.05) is 12.2 Å². The Labute approximate surface area is 69.2 Å². The highest BCUT2D eigenvalue weighted by atomic mass is 16.2. The second kappa shape index (κ2) is 2.23. The molecule has 0 aromatic carbocycles. The van der Waals surface area contributed by atoms with Crippen LogP contribution in [0.1, 0.15) is 0 Å². The number of carbonyl (C=O) groups excluding carboxylic acids is 2. The van der Waals surface area contributed by atoms with Crippen molar-refractivity contribution in [3.63, 3.8) is 0 Å². The molecule has 2 heterocycles. The van der Waals surface area contributed by atoms with Gasteiger partial charge in [-0.15, -0.1) is 0 Å². The summed E-state index contributed by atoms with van der Waals surface area (Å²) in [6.07, 6.45) is 3.46. The minimum Gasteiger partial charge on any atom is -0.368 e. The molecule has 2 unspecified atom stereocenters. The van der Waals surface area contributed by atoms with E-state index in [1.54, 1.807) is 12.2 Å². The van der Waals surface area contributed by atoms with Crippen molar-refractivity contribution in [3.8, 4) is 0 Å². The highest BCUT2D eigenvalue weighted by molar-refractivity contribution is 5.89. The fourth-order valence-electron chi connectivity index (χ4n) is 1.52. The van der Waals surface area contributed by atoms with Crippen LogP contribution in [-0.4, -0.2) is 35.5 Å². The third-order valence-electron chi connectivity index (χ3n) is 2.12. The summed E-state index contributed by atoms with van der Waals surface area (Å²) in [4.78, 5) is 23.4. The van der Waals surface area contributed by atoms with Crippen molar-refractivity contribution in [2.45, 2.75) is 12.1 Å². The predicted octanol–water partition coefficient (Wildman–Crippen LogP) is -1.20. The van der Waals surface area contributed by atoms with Gasteiger partial charge in [-0.25, -0.2) is 4.79 Å². The summed E-state index contributed by atoms with van der Waals surface area (Å²) in [5.74, 6) is -0.484. The van der Waals surface area contributed by atoms with Gasteiger partial charge in [0, 0.05) is 6.54 Å². The molecule has 1 saturated heterocycles. The summed E-state index contributed by atoms with van der Waals surface area (Å²) < 4.78 is 0. The van der Waals surface area contributed by atoms with E-state index in [4.69, 9.17) is 5.73 Å². The van der Waals surface area contributed by atoms with E-state index in [1.165, 1.54) is 4.90 Å². The summed E-state index contributed by atoms with van der Waals surface area (Å²) in [5.41, 5.74) is 5.10. The van der Waals surface area contributed by atoms with Gasteiger partial charge in [-0.3, -0.25) is 4.79 Å². The summed E-state index contributed by atoms with van der Waals surface area (Å²) in [6, 6.07) is -0.731. The van der Waals surface area contributed by atoms with E-state index in [9.17, 15) is 9.59 Å². The van der Waals surface area contributed by atoms with Gasteiger partial charge in [0.05, 0.1) is 6.04 Å². The quantitative estimate of drug-likeness (QED) is 0.481. The van der Waals surface area contributed by atoms with Gasteiger partial charge in [-0.2, -0.15) is 0 Å². The lowest BCUT2D eigenvalue weighted by atomic mass is 10.1. The molecule has 5 nitrogen and oxygen atoms in total. The molecule has 0 aliphatic carbocycles. The van der Waals surface area contributed by atoms with E-state index in [-0.39, 0.29) is 12.1 Å². The first-order valence-corrected chi connectivity index (χ1v) is 3.73. The van der Waals surface area contributed by atoms with Gasteiger partial charge in [0.1, 0.15) is 6.04 Å². The fraction of sp³-hybridized carbons (Fsp3) is 0.429. The number of hydrogen-bond donors (Lipinski definition) is 2. The lowest BCUT2D eigenvalue weighted by molar-refractivity contribution is -0.120. The first-order chi connectivity index (χ1) is 5.68. The van der Waals surface area contributed by atoms with Gasteiger partial charge in [-0.05, 0) is 0 Å². The summed E-state index contributed by atoms with van der Waals surface area (Å²) >= 11 is 0. The molecule has 2 aliphatic rings.